The minimum atomic E-state index is -0.200. The molecule has 0 aromatic carbocycles. The Morgan fingerprint density at radius 3 is 2.92 bits per heavy atom. The summed E-state index contributed by atoms with van der Waals surface area (Å²) in [6, 6.07) is 1.41. The normalized spacial score (nSPS) is 9.38. The van der Waals surface area contributed by atoms with Gasteiger partial charge in [-0.1, -0.05) is 0 Å². The van der Waals surface area contributed by atoms with Gasteiger partial charge in [-0.05, 0) is 19.1 Å². The Bertz CT molecular complexity index is 373. The summed E-state index contributed by atoms with van der Waals surface area (Å²) in [5, 5.41) is 5.85. The minimum absolute atomic E-state index is 0.200. The lowest BCUT2D eigenvalue weighted by Crippen LogP contribution is -2.26. The molecule has 0 amide bonds. The first-order valence-electron chi connectivity index (χ1n) is 3.68. The standard InChI is InChI=1S/C7H10N4OS/c1-4-3-5(12)10-6(9-4)11-7(13)8-2/h3H,1-2H3,(H3,8,9,10,11,12,13). The number of hydrogen-bond donors (Lipinski definition) is 3. The zero-order valence-electron chi connectivity index (χ0n) is 7.34. The Morgan fingerprint density at radius 1 is 1.69 bits per heavy atom. The molecule has 13 heavy (non-hydrogen) atoms. The van der Waals surface area contributed by atoms with Gasteiger partial charge in [0, 0.05) is 18.8 Å². The number of nitrogens with zero attached hydrogens (tertiary/aromatic N) is 1. The first-order chi connectivity index (χ1) is 6.11. The minimum Gasteiger partial charge on any atom is -0.365 e. The van der Waals surface area contributed by atoms with Crippen LogP contribution < -0.4 is 16.2 Å². The third-order valence-electron chi connectivity index (χ3n) is 1.33. The molecule has 3 N–H and O–H groups in total. The van der Waals surface area contributed by atoms with Gasteiger partial charge in [-0.3, -0.25) is 9.78 Å². The first-order valence-corrected chi connectivity index (χ1v) is 4.09. The molecule has 1 aromatic heterocycles. The molecular weight excluding hydrogens is 188 g/mol. The van der Waals surface area contributed by atoms with Crippen LogP contribution in [0.2, 0.25) is 0 Å². The van der Waals surface area contributed by atoms with Crippen LogP contribution in [0, 0.1) is 6.92 Å². The molecule has 1 rings (SSSR count). The molecule has 0 aliphatic heterocycles. The molecule has 1 heterocycles. The van der Waals surface area contributed by atoms with Crippen molar-refractivity contribution in [3.8, 4) is 0 Å². The molecule has 0 fully saturated rings. The number of hydrogen-bond acceptors (Lipinski definition) is 3. The number of H-pyrrole nitrogens is 1. The average molecular weight is 198 g/mol. The van der Waals surface area contributed by atoms with Gasteiger partial charge >= 0.3 is 0 Å². The van der Waals surface area contributed by atoms with Crippen molar-refractivity contribution in [1.29, 1.82) is 0 Å². The number of thiocarbonyl (C=S) groups is 1. The molecular formula is C7H10N4OS. The third kappa shape index (κ3) is 2.83. The maximum atomic E-state index is 11.0. The smallest absolute Gasteiger partial charge is 0.252 e. The van der Waals surface area contributed by atoms with E-state index in [0.717, 1.165) is 0 Å². The Labute approximate surface area is 80.6 Å². The van der Waals surface area contributed by atoms with Gasteiger partial charge in [-0.25, -0.2) is 4.98 Å². The number of rotatable bonds is 1. The third-order valence-corrected chi connectivity index (χ3v) is 1.63. The number of aromatic amines is 1. The molecule has 6 heteroatoms. The van der Waals surface area contributed by atoms with E-state index in [1.165, 1.54) is 6.07 Å². The van der Waals surface area contributed by atoms with Gasteiger partial charge in [0.25, 0.3) is 5.56 Å². The quantitative estimate of drug-likeness (QED) is 0.554. The van der Waals surface area contributed by atoms with Crippen LogP contribution in [0.5, 0.6) is 0 Å². The molecule has 0 aliphatic rings. The van der Waals surface area contributed by atoms with Crippen molar-refractivity contribution in [3.63, 3.8) is 0 Å². The molecule has 70 valence electrons. The lowest BCUT2D eigenvalue weighted by atomic mass is 10.4. The highest BCUT2D eigenvalue weighted by atomic mass is 32.1. The van der Waals surface area contributed by atoms with Gasteiger partial charge in [0.15, 0.2) is 5.11 Å². The lowest BCUT2D eigenvalue weighted by molar-refractivity contribution is 1.07. The number of aromatic nitrogens is 2. The zero-order chi connectivity index (χ0) is 9.84. The van der Waals surface area contributed by atoms with Crippen LogP contribution in [0.15, 0.2) is 10.9 Å². The van der Waals surface area contributed by atoms with Crippen molar-refractivity contribution in [1.82, 2.24) is 15.3 Å². The van der Waals surface area contributed by atoms with E-state index < -0.39 is 0 Å². The van der Waals surface area contributed by atoms with E-state index in [9.17, 15) is 4.79 Å². The van der Waals surface area contributed by atoms with Crippen LogP contribution in [-0.2, 0) is 0 Å². The fraction of sp³-hybridized carbons (Fsp3) is 0.286. The molecule has 0 aliphatic carbocycles. The van der Waals surface area contributed by atoms with Crippen molar-refractivity contribution in [3.05, 3.63) is 22.1 Å². The molecule has 0 saturated heterocycles. The Balaban J connectivity index is 2.89. The van der Waals surface area contributed by atoms with Crippen molar-refractivity contribution in [2.75, 3.05) is 12.4 Å². The Morgan fingerprint density at radius 2 is 2.38 bits per heavy atom. The summed E-state index contributed by atoms with van der Waals surface area (Å²) < 4.78 is 0. The van der Waals surface area contributed by atoms with Crippen molar-refractivity contribution in [2.24, 2.45) is 0 Å². The second kappa shape index (κ2) is 3.99. The van der Waals surface area contributed by atoms with E-state index in [1.54, 1.807) is 14.0 Å². The summed E-state index contributed by atoms with van der Waals surface area (Å²) >= 11 is 4.84. The molecule has 0 radical (unpaired) electrons. The zero-order valence-corrected chi connectivity index (χ0v) is 8.16. The van der Waals surface area contributed by atoms with E-state index in [4.69, 9.17) is 12.2 Å². The highest BCUT2D eigenvalue weighted by molar-refractivity contribution is 7.80. The fourth-order valence-electron chi connectivity index (χ4n) is 0.808. The summed E-state index contributed by atoms with van der Waals surface area (Å²) in [4.78, 5) is 17.5. The first kappa shape index (κ1) is 9.66. The van der Waals surface area contributed by atoms with Crippen LogP contribution in [-0.4, -0.2) is 22.1 Å². The lowest BCUT2D eigenvalue weighted by Gasteiger charge is -2.05. The second-order valence-corrected chi connectivity index (χ2v) is 2.85. The topological polar surface area (TPSA) is 69.8 Å². The van der Waals surface area contributed by atoms with Gasteiger partial charge in [-0.15, -0.1) is 0 Å². The van der Waals surface area contributed by atoms with Crippen LogP contribution in [0.25, 0.3) is 0 Å². The van der Waals surface area contributed by atoms with Gasteiger partial charge in [-0.2, -0.15) is 0 Å². The summed E-state index contributed by atoms with van der Waals surface area (Å²) in [6.07, 6.45) is 0. The predicted molar refractivity (Wildman–Crippen MR) is 54.9 cm³/mol. The largest absolute Gasteiger partial charge is 0.365 e. The van der Waals surface area contributed by atoms with Crippen LogP contribution in [0.4, 0.5) is 5.95 Å². The maximum Gasteiger partial charge on any atom is 0.252 e. The number of nitrogens with one attached hydrogen (secondary N) is 3. The summed E-state index contributed by atoms with van der Waals surface area (Å²) in [6.45, 7) is 1.74. The summed E-state index contributed by atoms with van der Waals surface area (Å²) in [5.41, 5.74) is 0.444. The van der Waals surface area contributed by atoms with Gasteiger partial charge in [0.05, 0.1) is 0 Å². The molecule has 0 saturated carbocycles. The van der Waals surface area contributed by atoms with Crippen molar-refractivity contribution < 1.29 is 0 Å². The average Bonchev–Trinajstić information content (AvgIpc) is 2.02. The van der Waals surface area contributed by atoms with Crippen molar-refractivity contribution >= 4 is 23.3 Å². The van der Waals surface area contributed by atoms with E-state index >= 15 is 0 Å². The Kier molecular flexibility index (Phi) is 2.97. The van der Waals surface area contributed by atoms with E-state index in [0.29, 0.717) is 16.8 Å². The van der Waals surface area contributed by atoms with Gasteiger partial charge in [0.2, 0.25) is 5.95 Å². The second-order valence-electron chi connectivity index (χ2n) is 2.44. The molecule has 0 atom stereocenters. The van der Waals surface area contributed by atoms with Crippen LogP contribution in [0.3, 0.4) is 0 Å². The van der Waals surface area contributed by atoms with E-state index in [2.05, 4.69) is 20.6 Å². The fourth-order valence-corrected chi connectivity index (χ4v) is 0.905. The maximum absolute atomic E-state index is 11.0. The molecule has 0 bridgehead atoms. The number of aryl methyl sites for hydroxylation is 1. The number of anilines is 1. The highest BCUT2D eigenvalue weighted by Gasteiger charge is 1.98. The monoisotopic (exact) mass is 198 g/mol. The SMILES string of the molecule is CNC(=S)Nc1nc(C)cc(=O)[nH]1. The molecule has 0 spiro atoms. The van der Waals surface area contributed by atoms with Crippen LogP contribution >= 0.6 is 12.2 Å². The van der Waals surface area contributed by atoms with Crippen molar-refractivity contribution in [2.45, 2.75) is 6.92 Å². The van der Waals surface area contributed by atoms with Gasteiger partial charge in [0.1, 0.15) is 0 Å². The summed E-state index contributed by atoms with van der Waals surface area (Å²) in [5.74, 6) is 0.351. The Hall–Kier alpha value is -1.43. The molecule has 0 unspecified atom stereocenters. The van der Waals surface area contributed by atoms with E-state index in [1.807, 2.05) is 0 Å². The van der Waals surface area contributed by atoms with E-state index in [-0.39, 0.29) is 5.56 Å². The predicted octanol–water partition coefficient (Wildman–Crippen LogP) is -0.00548. The molecule has 5 nitrogen and oxygen atoms in total. The summed E-state index contributed by atoms with van der Waals surface area (Å²) in [7, 11) is 1.68. The van der Waals surface area contributed by atoms with Gasteiger partial charge < -0.3 is 10.6 Å². The van der Waals surface area contributed by atoms with Crippen LogP contribution in [0.1, 0.15) is 5.69 Å². The highest BCUT2D eigenvalue weighted by Crippen LogP contribution is 1.94. The molecule has 1 aromatic rings.